The van der Waals surface area contributed by atoms with Gasteiger partial charge in [-0.3, -0.25) is 0 Å². The Bertz CT molecular complexity index is 659. The zero-order valence-corrected chi connectivity index (χ0v) is 18.0. The van der Waals surface area contributed by atoms with Crippen molar-refractivity contribution in [3.63, 3.8) is 0 Å². The predicted molar refractivity (Wildman–Crippen MR) is 112 cm³/mol. The highest BCUT2D eigenvalue weighted by molar-refractivity contribution is 8.76. The van der Waals surface area contributed by atoms with Crippen molar-refractivity contribution >= 4 is 21.6 Å². The lowest BCUT2D eigenvalue weighted by atomic mass is 10.2. The molecular weight excluding hydrogens is 364 g/mol. The van der Waals surface area contributed by atoms with Gasteiger partial charge in [-0.1, -0.05) is 33.7 Å². The SMILES string of the molecule is COc1cc(SSc2ccc(CN(C)C)c(OC)c2)ccc1CN(C)C. The van der Waals surface area contributed by atoms with E-state index in [0.29, 0.717) is 0 Å². The van der Waals surface area contributed by atoms with Crippen LogP contribution in [0.4, 0.5) is 0 Å². The second kappa shape index (κ2) is 10.1. The number of rotatable bonds is 9. The summed E-state index contributed by atoms with van der Waals surface area (Å²) < 4.78 is 11.1. The third-order valence-electron chi connectivity index (χ3n) is 3.72. The standard InChI is InChI=1S/C20H28N2O2S2/c1-21(2)13-15-7-9-17(11-19(15)23-5)25-26-18-10-8-16(14-22(3)4)20(12-18)24-6/h7-12H,13-14H2,1-6H3. The van der Waals surface area contributed by atoms with E-state index in [1.807, 2.05) is 0 Å². The molecule has 142 valence electrons. The predicted octanol–water partition coefficient (Wildman–Crippen LogP) is 4.63. The molecule has 0 radical (unpaired) electrons. The fourth-order valence-electron chi connectivity index (χ4n) is 2.59. The largest absolute Gasteiger partial charge is 0.496 e. The molecule has 2 rings (SSSR count). The van der Waals surface area contributed by atoms with Crippen molar-refractivity contribution in [2.45, 2.75) is 22.9 Å². The van der Waals surface area contributed by atoms with Crippen LogP contribution in [0.2, 0.25) is 0 Å². The number of benzene rings is 2. The smallest absolute Gasteiger partial charge is 0.124 e. The normalized spacial score (nSPS) is 11.2. The van der Waals surface area contributed by atoms with Gasteiger partial charge in [0, 0.05) is 34.0 Å². The fraction of sp³-hybridized carbons (Fsp3) is 0.400. The molecule has 0 aromatic heterocycles. The molecule has 0 saturated carbocycles. The van der Waals surface area contributed by atoms with Crippen LogP contribution in [-0.2, 0) is 13.1 Å². The Morgan fingerprint density at radius 1 is 0.692 bits per heavy atom. The van der Waals surface area contributed by atoms with Crippen LogP contribution in [-0.4, -0.2) is 52.2 Å². The molecule has 0 unspecified atom stereocenters. The van der Waals surface area contributed by atoms with Crippen molar-refractivity contribution < 1.29 is 9.47 Å². The van der Waals surface area contributed by atoms with E-state index in [1.165, 1.54) is 20.9 Å². The van der Waals surface area contributed by atoms with Crippen molar-refractivity contribution in [1.82, 2.24) is 9.80 Å². The van der Waals surface area contributed by atoms with Crippen LogP contribution in [0.15, 0.2) is 46.2 Å². The van der Waals surface area contributed by atoms with Gasteiger partial charge >= 0.3 is 0 Å². The first-order valence-electron chi connectivity index (χ1n) is 8.40. The molecule has 0 amide bonds. The summed E-state index contributed by atoms with van der Waals surface area (Å²) >= 11 is 0. The topological polar surface area (TPSA) is 24.9 Å². The number of methoxy groups -OCH3 is 2. The molecule has 4 nitrogen and oxygen atoms in total. The Labute approximate surface area is 165 Å². The van der Waals surface area contributed by atoms with E-state index in [0.717, 1.165) is 24.6 Å². The fourth-order valence-corrected chi connectivity index (χ4v) is 4.54. The molecule has 26 heavy (non-hydrogen) atoms. The lowest BCUT2D eigenvalue weighted by Crippen LogP contribution is -2.11. The zero-order chi connectivity index (χ0) is 19.1. The van der Waals surface area contributed by atoms with E-state index >= 15 is 0 Å². The average Bonchev–Trinajstić information content (AvgIpc) is 2.60. The highest BCUT2D eigenvalue weighted by Gasteiger charge is 2.09. The second-order valence-corrected chi connectivity index (χ2v) is 8.87. The van der Waals surface area contributed by atoms with E-state index in [-0.39, 0.29) is 0 Å². The van der Waals surface area contributed by atoms with Crippen LogP contribution in [0, 0.1) is 0 Å². The minimum absolute atomic E-state index is 0.867. The van der Waals surface area contributed by atoms with Crippen LogP contribution >= 0.6 is 21.6 Å². The lowest BCUT2D eigenvalue weighted by Gasteiger charge is -2.15. The zero-order valence-electron chi connectivity index (χ0n) is 16.4. The van der Waals surface area contributed by atoms with Crippen molar-refractivity contribution in [2.24, 2.45) is 0 Å². The third-order valence-corrected chi connectivity index (χ3v) is 6.11. The van der Waals surface area contributed by atoms with Crippen molar-refractivity contribution in [3.05, 3.63) is 47.5 Å². The van der Waals surface area contributed by atoms with Crippen LogP contribution in [0.3, 0.4) is 0 Å². The Balaban J connectivity index is 2.08. The molecular formula is C20H28N2O2S2. The van der Waals surface area contributed by atoms with Gasteiger partial charge in [0.15, 0.2) is 0 Å². The van der Waals surface area contributed by atoms with E-state index in [2.05, 4.69) is 74.4 Å². The van der Waals surface area contributed by atoms with Crippen LogP contribution in [0.25, 0.3) is 0 Å². The van der Waals surface area contributed by atoms with Crippen molar-refractivity contribution in [3.8, 4) is 11.5 Å². The molecule has 6 heteroatoms. The Morgan fingerprint density at radius 2 is 1.08 bits per heavy atom. The first-order valence-corrected chi connectivity index (χ1v) is 10.6. The number of nitrogens with zero attached hydrogens (tertiary/aromatic N) is 2. The summed E-state index contributed by atoms with van der Waals surface area (Å²) in [6.07, 6.45) is 0. The molecule has 0 aliphatic carbocycles. The summed E-state index contributed by atoms with van der Waals surface area (Å²) in [5.74, 6) is 1.87. The van der Waals surface area contributed by atoms with Gasteiger partial charge in [0.25, 0.3) is 0 Å². The van der Waals surface area contributed by atoms with Gasteiger partial charge < -0.3 is 19.3 Å². The highest BCUT2D eigenvalue weighted by atomic mass is 33.1. The highest BCUT2D eigenvalue weighted by Crippen LogP contribution is 2.41. The minimum atomic E-state index is 0.867. The molecule has 0 aliphatic rings. The van der Waals surface area contributed by atoms with E-state index in [9.17, 15) is 0 Å². The molecule has 0 N–H and O–H groups in total. The van der Waals surface area contributed by atoms with Gasteiger partial charge in [0.05, 0.1) is 14.2 Å². The molecule has 0 bridgehead atoms. The molecule has 0 heterocycles. The quantitative estimate of drug-likeness (QED) is 0.577. The van der Waals surface area contributed by atoms with Gasteiger partial charge in [-0.2, -0.15) is 0 Å². The Kier molecular flexibility index (Phi) is 8.15. The molecule has 0 saturated heterocycles. The Morgan fingerprint density at radius 3 is 1.38 bits per heavy atom. The maximum absolute atomic E-state index is 5.55. The molecule has 2 aromatic rings. The maximum atomic E-state index is 5.55. The van der Waals surface area contributed by atoms with E-state index in [4.69, 9.17) is 9.47 Å². The molecule has 2 aromatic carbocycles. The van der Waals surface area contributed by atoms with E-state index < -0.39 is 0 Å². The first-order chi connectivity index (χ1) is 12.4. The van der Waals surface area contributed by atoms with Crippen molar-refractivity contribution in [2.75, 3.05) is 42.4 Å². The summed E-state index contributed by atoms with van der Waals surface area (Å²) in [5.41, 5.74) is 2.39. The van der Waals surface area contributed by atoms with Crippen LogP contribution in [0.5, 0.6) is 11.5 Å². The molecule has 0 fully saturated rings. The van der Waals surface area contributed by atoms with Gasteiger partial charge in [-0.25, -0.2) is 0 Å². The lowest BCUT2D eigenvalue weighted by molar-refractivity contribution is 0.371. The summed E-state index contributed by atoms with van der Waals surface area (Å²) in [5, 5.41) is 0. The van der Waals surface area contributed by atoms with E-state index in [1.54, 1.807) is 35.8 Å². The monoisotopic (exact) mass is 392 g/mol. The molecule has 0 atom stereocenters. The van der Waals surface area contributed by atoms with Crippen molar-refractivity contribution in [1.29, 1.82) is 0 Å². The molecule has 0 spiro atoms. The summed E-state index contributed by atoms with van der Waals surface area (Å²) in [4.78, 5) is 6.62. The number of hydrogen-bond acceptors (Lipinski definition) is 6. The third kappa shape index (κ3) is 6.13. The Hall–Kier alpha value is -1.34. The second-order valence-electron chi connectivity index (χ2n) is 6.59. The van der Waals surface area contributed by atoms with Crippen LogP contribution in [0.1, 0.15) is 11.1 Å². The average molecular weight is 393 g/mol. The maximum Gasteiger partial charge on any atom is 0.124 e. The van der Waals surface area contributed by atoms with Gasteiger partial charge in [0.2, 0.25) is 0 Å². The summed E-state index contributed by atoms with van der Waals surface area (Å²) in [7, 11) is 15.1. The number of ether oxygens (including phenoxy) is 2. The summed E-state index contributed by atoms with van der Waals surface area (Å²) in [6.45, 7) is 1.73. The van der Waals surface area contributed by atoms with Crippen LogP contribution < -0.4 is 9.47 Å². The van der Waals surface area contributed by atoms with Gasteiger partial charge in [-0.15, -0.1) is 0 Å². The van der Waals surface area contributed by atoms with Gasteiger partial charge in [-0.05, 0) is 52.5 Å². The minimum Gasteiger partial charge on any atom is -0.496 e. The molecule has 0 aliphatic heterocycles. The van der Waals surface area contributed by atoms with Gasteiger partial charge in [0.1, 0.15) is 11.5 Å². The first kappa shape index (κ1) is 21.0. The summed E-state index contributed by atoms with van der Waals surface area (Å²) in [6, 6.07) is 12.8. The number of hydrogen-bond donors (Lipinski definition) is 0.